The Kier molecular flexibility index (Phi) is 6.77. The summed E-state index contributed by atoms with van der Waals surface area (Å²) >= 11 is 1.39. The molecule has 0 radical (unpaired) electrons. The molecule has 0 atom stereocenters. The summed E-state index contributed by atoms with van der Waals surface area (Å²) in [6.07, 6.45) is 2.99. The van der Waals surface area contributed by atoms with E-state index < -0.39 is 5.97 Å². The van der Waals surface area contributed by atoms with E-state index in [2.05, 4.69) is 10.3 Å². The Balaban J connectivity index is 1.53. The average molecular weight is 413 g/mol. The van der Waals surface area contributed by atoms with Crippen LogP contribution in [0.15, 0.2) is 40.8 Å². The predicted octanol–water partition coefficient (Wildman–Crippen LogP) is 3.15. The predicted molar refractivity (Wildman–Crippen MR) is 113 cm³/mol. The normalized spacial score (nSPS) is 10.8. The van der Waals surface area contributed by atoms with Crippen LogP contribution in [-0.2, 0) is 33.7 Å². The van der Waals surface area contributed by atoms with Crippen LogP contribution >= 0.6 is 11.3 Å². The molecule has 0 fully saturated rings. The molecule has 0 aliphatic carbocycles. The van der Waals surface area contributed by atoms with Crippen molar-refractivity contribution in [2.75, 3.05) is 11.9 Å². The van der Waals surface area contributed by atoms with E-state index >= 15 is 0 Å². The second kappa shape index (κ2) is 9.47. The van der Waals surface area contributed by atoms with Crippen molar-refractivity contribution in [2.45, 2.75) is 39.7 Å². The van der Waals surface area contributed by atoms with Gasteiger partial charge < -0.3 is 10.1 Å². The van der Waals surface area contributed by atoms with Crippen molar-refractivity contribution < 1.29 is 14.3 Å². The Morgan fingerprint density at radius 2 is 1.90 bits per heavy atom. The van der Waals surface area contributed by atoms with Gasteiger partial charge in [-0.05, 0) is 35.4 Å². The molecule has 0 saturated carbocycles. The SMILES string of the molecule is CCc1cccc(CC)c1NC(=O)COC(=O)CCn1cnc2sccc2c1=O. The lowest BCUT2D eigenvalue weighted by Crippen LogP contribution is -2.24. The summed E-state index contributed by atoms with van der Waals surface area (Å²) in [6.45, 7) is 3.83. The minimum absolute atomic E-state index is 0.0176. The van der Waals surface area contributed by atoms with E-state index in [1.807, 2.05) is 32.0 Å². The maximum Gasteiger partial charge on any atom is 0.308 e. The third-order valence-corrected chi connectivity index (χ3v) is 5.46. The van der Waals surface area contributed by atoms with Gasteiger partial charge in [-0.15, -0.1) is 11.3 Å². The summed E-state index contributed by atoms with van der Waals surface area (Å²) in [6, 6.07) is 7.62. The number of aryl methyl sites for hydroxylation is 3. The van der Waals surface area contributed by atoms with Gasteiger partial charge in [-0.2, -0.15) is 0 Å². The molecule has 0 unspecified atom stereocenters. The van der Waals surface area contributed by atoms with E-state index in [0.717, 1.165) is 29.7 Å². The Bertz CT molecular complexity index is 1060. The number of hydrogen-bond acceptors (Lipinski definition) is 6. The fourth-order valence-corrected chi connectivity index (χ4v) is 3.78. The fraction of sp³-hybridized carbons (Fsp3) is 0.333. The molecule has 0 aliphatic rings. The Hall–Kier alpha value is -3.00. The molecule has 2 heterocycles. The highest BCUT2D eigenvalue weighted by atomic mass is 32.1. The van der Waals surface area contributed by atoms with E-state index in [1.165, 1.54) is 22.2 Å². The van der Waals surface area contributed by atoms with Crippen LogP contribution in [0.5, 0.6) is 0 Å². The number of rotatable bonds is 8. The van der Waals surface area contributed by atoms with Crippen molar-refractivity contribution in [1.29, 1.82) is 0 Å². The number of carbonyl (C=O) groups excluding carboxylic acids is 2. The molecule has 0 spiro atoms. The summed E-state index contributed by atoms with van der Waals surface area (Å²) in [5, 5.41) is 5.19. The van der Waals surface area contributed by atoms with Crippen molar-refractivity contribution in [2.24, 2.45) is 0 Å². The van der Waals surface area contributed by atoms with Crippen LogP contribution < -0.4 is 10.9 Å². The van der Waals surface area contributed by atoms with Gasteiger partial charge in [0, 0.05) is 12.2 Å². The van der Waals surface area contributed by atoms with Crippen LogP contribution in [-0.4, -0.2) is 28.0 Å². The topological polar surface area (TPSA) is 90.3 Å². The zero-order valence-electron chi connectivity index (χ0n) is 16.4. The molecule has 1 N–H and O–H groups in total. The number of ether oxygens (including phenoxy) is 1. The molecule has 29 heavy (non-hydrogen) atoms. The Morgan fingerprint density at radius 3 is 2.59 bits per heavy atom. The maximum absolute atomic E-state index is 12.3. The number of amides is 1. The molecular weight excluding hydrogens is 390 g/mol. The number of carbonyl (C=O) groups is 2. The number of anilines is 1. The van der Waals surface area contributed by atoms with Gasteiger partial charge >= 0.3 is 5.97 Å². The molecule has 152 valence electrons. The summed E-state index contributed by atoms with van der Waals surface area (Å²) in [7, 11) is 0. The van der Waals surface area contributed by atoms with Gasteiger partial charge in [0.2, 0.25) is 0 Å². The highest BCUT2D eigenvalue weighted by molar-refractivity contribution is 7.16. The van der Waals surface area contributed by atoms with Gasteiger partial charge in [-0.25, -0.2) is 4.98 Å². The van der Waals surface area contributed by atoms with Crippen molar-refractivity contribution in [3.8, 4) is 0 Å². The standard InChI is InChI=1S/C21H23N3O4S/c1-3-14-6-5-7-15(4-2)19(14)23-17(25)12-28-18(26)8-10-24-13-22-20-16(21(24)27)9-11-29-20/h5-7,9,11,13H,3-4,8,10,12H2,1-2H3,(H,23,25). The van der Waals surface area contributed by atoms with Crippen molar-refractivity contribution in [1.82, 2.24) is 9.55 Å². The lowest BCUT2D eigenvalue weighted by molar-refractivity contribution is -0.147. The van der Waals surface area contributed by atoms with E-state index in [0.29, 0.717) is 10.2 Å². The first kappa shape index (κ1) is 20.7. The first-order valence-electron chi connectivity index (χ1n) is 9.52. The molecule has 1 aromatic carbocycles. The van der Waals surface area contributed by atoms with Gasteiger partial charge in [0.1, 0.15) is 4.83 Å². The number of nitrogens with one attached hydrogen (secondary N) is 1. The molecule has 0 bridgehead atoms. The van der Waals surface area contributed by atoms with Gasteiger partial charge in [0.05, 0.1) is 18.1 Å². The number of hydrogen-bond donors (Lipinski definition) is 1. The molecule has 3 rings (SSSR count). The quantitative estimate of drug-likeness (QED) is 0.573. The van der Waals surface area contributed by atoms with Crippen LogP contribution in [0.1, 0.15) is 31.4 Å². The molecule has 2 aromatic heterocycles. The molecule has 8 heteroatoms. The summed E-state index contributed by atoms with van der Waals surface area (Å²) in [5.41, 5.74) is 2.68. The van der Waals surface area contributed by atoms with Gasteiger partial charge in [-0.1, -0.05) is 32.0 Å². The van der Waals surface area contributed by atoms with Crippen LogP contribution in [0.4, 0.5) is 5.69 Å². The Labute approximate surface area is 172 Å². The zero-order chi connectivity index (χ0) is 20.8. The number of esters is 1. The minimum atomic E-state index is -0.544. The smallest absolute Gasteiger partial charge is 0.308 e. The Morgan fingerprint density at radius 1 is 1.17 bits per heavy atom. The first-order valence-corrected chi connectivity index (χ1v) is 10.4. The van der Waals surface area contributed by atoms with E-state index in [-0.39, 0.29) is 31.0 Å². The highest BCUT2D eigenvalue weighted by Crippen LogP contribution is 2.22. The molecule has 3 aromatic rings. The molecular formula is C21H23N3O4S. The van der Waals surface area contributed by atoms with Crippen LogP contribution in [0.3, 0.4) is 0 Å². The summed E-state index contributed by atoms with van der Waals surface area (Å²) < 4.78 is 6.45. The molecule has 7 nitrogen and oxygen atoms in total. The largest absolute Gasteiger partial charge is 0.456 e. The minimum Gasteiger partial charge on any atom is -0.456 e. The van der Waals surface area contributed by atoms with Gasteiger partial charge in [0.25, 0.3) is 11.5 Å². The molecule has 0 aliphatic heterocycles. The van der Waals surface area contributed by atoms with Gasteiger partial charge in [-0.3, -0.25) is 19.0 Å². The van der Waals surface area contributed by atoms with Gasteiger partial charge in [0.15, 0.2) is 6.61 Å². The monoisotopic (exact) mass is 413 g/mol. The van der Waals surface area contributed by atoms with Crippen LogP contribution in [0.2, 0.25) is 0 Å². The first-order chi connectivity index (χ1) is 14.0. The second-order valence-electron chi connectivity index (χ2n) is 6.50. The zero-order valence-corrected chi connectivity index (χ0v) is 17.3. The number of para-hydroxylation sites is 1. The fourth-order valence-electron chi connectivity index (χ4n) is 3.06. The number of nitrogens with zero attached hydrogens (tertiary/aromatic N) is 2. The van der Waals surface area contributed by atoms with Crippen molar-refractivity contribution in [3.05, 3.63) is 57.5 Å². The lowest BCUT2D eigenvalue weighted by atomic mass is 10.0. The average Bonchev–Trinajstić information content (AvgIpc) is 3.21. The third-order valence-electron chi connectivity index (χ3n) is 4.63. The summed E-state index contributed by atoms with van der Waals surface area (Å²) in [5.74, 6) is -0.926. The van der Waals surface area contributed by atoms with E-state index in [9.17, 15) is 14.4 Å². The van der Waals surface area contributed by atoms with Crippen LogP contribution in [0, 0.1) is 0 Å². The highest BCUT2D eigenvalue weighted by Gasteiger charge is 2.13. The third kappa shape index (κ3) is 4.89. The van der Waals surface area contributed by atoms with Crippen molar-refractivity contribution >= 4 is 39.1 Å². The second-order valence-corrected chi connectivity index (χ2v) is 7.39. The number of thiophene rings is 1. The molecule has 1 amide bonds. The lowest BCUT2D eigenvalue weighted by Gasteiger charge is -2.14. The van der Waals surface area contributed by atoms with E-state index in [4.69, 9.17) is 4.74 Å². The number of benzene rings is 1. The number of aromatic nitrogens is 2. The number of fused-ring (bicyclic) bond motifs is 1. The maximum atomic E-state index is 12.3. The van der Waals surface area contributed by atoms with Crippen molar-refractivity contribution in [3.63, 3.8) is 0 Å². The van der Waals surface area contributed by atoms with Crippen LogP contribution in [0.25, 0.3) is 10.2 Å². The molecule has 0 saturated heterocycles. The summed E-state index contributed by atoms with van der Waals surface area (Å²) in [4.78, 5) is 41.4. The van der Waals surface area contributed by atoms with E-state index in [1.54, 1.807) is 11.4 Å².